The molecule has 10 nitrogen and oxygen atoms in total. The van der Waals surface area contributed by atoms with Gasteiger partial charge in [-0.15, -0.1) is 0 Å². The number of nitrogens with one attached hydrogen (secondary N) is 2. The third-order valence-electron chi connectivity index (χ3n) is 7.38. The molecule has 1 atom stereocenters. The van der Waals surface area contributed by atoms with Crippen LogP contribution in [-0.4, -0.2) is 71.8 Å². The summed E-state index contributed by atoms with van der Waals surface area (Å²) in [6, 6.07) is 8.39. The van der Waals surface area contributed by atoms with E-state index in [0.717, 1.165) is 10.5 Å². The van der Waals surface area contributed by atoms with Gasteiger partial charge in [0.1, 0.15) is 17.7 Å². The zero-order valence-electron chi connectivity index (χ0n) is 22.5. The number of rotatable bonds is 9. The van der Waals surface area contributed by atoms with Crippen LogP contribution in [0.1, 0.15) is 42.6 Å². The second-order valence-corrected chi connectivity index (χ2v) is 10.4. The Labute approximate surface area is 238 Å². The number of amides is 2. The minimum atomic E-state index is -4.95. The lowest BCUT2D eigenvalue weighted by atomic mass is 9.93. The van der Waals surface area contributed by atoms with Crippen LogP contribution < -0.4 is 20.4 Å². The molecular formula is C27H30F5N7O3. The van der Waals surface area contributed by atoms with Crippen LogP contribution in [0.25, 0.3) is 0 Å². The number of hydrogen-bond donors (Lipinski definition) is 3. The average molecular weight is 596 g/mol. The Kier molecular flexibility index (Phi) is 9.33. The van der Waals surface area contributed by atoms with Gasteiger partial charge in [0.2, 0.25) is 11.7 Å². The molecule has 15 heteroatoms. The van der Waals surface area contributed by atoms with Gasteiger partial charge in [-0.25, -0.2) is 23.5 Å². The Morgan fingerprint density at radius 1 is 1.07 bits per heavy atom. The van der Waals surface area contributed by atoms with Gasteiger partial charge in [0.25, 0.3) is 5.92 Å². The molecule has 0 bridgehead atoms. The highest BCUT2D eigenvalue weighted by Crippen LogP contribution is 2.38. The van der Waals surface area contributed by atoms with E-state index in [4.69, 9.17) is 10.4 Å². The van der Waals surface area contributed by atoms with Crippen LogP contribution in [0.2, 0.25) is 0 Å². The van der Waals surface area contributed by atoms with E-state index in [2.05, 4.69) is 20.6 Å². The van der Waals surface area contributed by atoms with Crippen LogP contribution in [0.5, 0.6) is 0 Å². The third kappa shape index (κ3) is 7.95. The van der Waals surface area contributed by atoms with Crippen molar-refractivity contribution in [2.75, 3.05) is 42.5 Å². The third-order valence-corrected chi connectivity index (χ3v) is 7.38. The Balaban J connectivity index is 1.48. The number of alkyl halides is 5. The molecule has 2 fully saturated rings. The number of halogens is 5. The van der Waals surface area contributed by atoms with Crippen molar-refractivity contribution in [3.63, 3.8) is 0 Å². The highest BCUT2D eigenvalue weighted by molar-refractivity contribution is 5.86. The van der Waals surface area contributed by atoms with E-state index in [1.807, 2.05) is 6.07 Å². The van der Waals surface area contributed by atoms with Crippen LogP contribution in [-0.2, 0) is 17.4 Å². The van der Waals surface area contributed by atoms with Crippen LogP contribution in [0.4, 0.5) is 38.4 Å². The summed E-state index contributed by atoms with van der Waals surface area (Å²) in [6.45, 7) is 0.0469. The zero-order valence-corrected chi connectivity index (χ0v) is 22.5. The fourth-order valence-corrected chi connectivity index (χ4v) is 5.18. The molecule has 2 saturated heterocycles. The molecule has 1 aromatic heterocycles. The van der Waals surface area contributed by atoms with Gasteiger partial charge in [0.15, 0.2) is 0 Å². The van der Waals surface area contributed by atoms with Crippen molar-refractivity contribution in [1.82, 2.24) is 20.6 Å². The number of piperidine rings is 1. The maximum atomic E-state index is 14.6. The van der Waals surface area contributed by atoms with Gasteiger partial charge in [-0.3, -0.25) is 4.79 Å². The van der Waals surface area contributed by atoms with Gasteiger partial charge in [0.05, 0.1) is 18.2 Å². The number of anilines is 2. The first-order valence-corrected chi connectivity index (χ1v) is 13.4. The smallest absolute Gasteiger partial charge is 0.451 e. The van der Waals surface area contributed by atoms with Gasteiger partial charge in [-0.05, 0) is 49.3 Å². The summed E-state index contributed by atoms with van der Waals surface area (Å²) >= 11 is 0. The number of carbonyl (C=O) groups is 2. The lowest BCUT2D eigenvalue weighted by Crippen LogP contribution is -2.44. The fraction of sp³-hybridized carbons (Fsp3) is 0.519. The van der Waals surface area contributed by atoms with Crippen LogP contribution in [0.3, 0.4) is 0 Å². The molecule has 0 radical (unpaired) electrons. The monoisotopic (exact) mass is 595 g/mol. The number of aromatic nitrogens is 2. The zero-order chi connectivity index (χ0) is 30.5. The number of hydrogen-bond acceptors (Lipinski definition) is 7. The first kappa shape index (κ1) is 30.7. The number of nitrogens with zero attached hydrogens (tertiary/aromatic N) is 5. The van der Waals surface area contributed by atoms with Crippen LogP contribution in [0, 0.1) is 17.2 Å². The summed E-state index contributed by atoms with van der Waals surface area (Å²) in [5, 5.41) is 22.5. The number of benzene rings is 1. The molecule has 226 valence electrons. The van der Waals surface area contributed by atoms with E-state index < -0.39 is 54.7 Å². The highest BCUT2D eigenvalue weighted by atomic mass is 19.4. The van der Waals surface area contributed by atoms with Gasteiger partial charge in [0, 0.05) is 38.7 Å². The Hall–Kier alpha value is -4.22. The molecule has 1 unspecified atom stereocenters. The van der Waals surface area contributed by atoms with Crippen molar-refractivity contribution in [1.29, 1.82) is 5.26 Å². The maximum absolute atomic E-state index is 14.6. The Bertz CT molecular complexity index is 1310. The molecule has 3 heterocycles. The largest absolute Gasteiger partial charge is 0.465 e. The molecule has 0 spiro atoms. The molecular weight excluding hydrogens is 565 g/mol. The molecule has 42 heavy (non-hydrogen) atoms. The second kappa shape index (κ2) is 12.7. The van der Waals surface area contributed by atoms with Gasteiger partial charge in [-0.1, -0.05) is 12.1 Å². The number of carbonyl (C=O) groups excluding carboxylic acids is 1. The molecule has 2 aliphatic rings. The minimum Gasteiger partial charge on any atom is -0.465 e. The standard InChI is InChI=1S/C27H30F5N7O3/c28-26(29)14-20(23(40)34-9-5-17-1-3-19(15-33)4-2-17)39(16-26)22-13-21(36-24(37-22)27(30,31)32)38-11-7-18(8-12-38)6-10-35-25(41)42/h1-4,13,18,20,35H,5-12,14,16H2,(H,34,40)(H,41,42). The average Bonchev–Trinajstić information content (AvgIpc) is 3.28. The van der Waals surface area contributed by atoms with Gasteiger partial charge >= 0.3 is 12.3 Å². The molecule has 1 aromatic carbocycles. The number of nitriles is 1. The predicted octanol–water partition coefficient (Wildman–Crippen LogP) is 3.81. The predicted molar refractivity (Wildman–Crippen MR) is 141 cm³/mol. The van der Waals surface area contributed by atoms with E-state index in [-0.39, 0.29) is 24.8 Å². The minimum absolute atomic E-state index is 0.0790. The summed E-state index contributed by atoms with van der Waals surface area (Å²) in [7, 11) is 0. The SMILES string of the molecule is N#Cc1ccc(CCNC(=O)C2CC(F)(F)CN2c2cc(N3CCC(CCNC(=O)O)CC3)nc(C(F)(F)F)n2)cc1. The second-order valence-electron chi connectivity index (χ2n) is 10.4. The van der Waals surface area contributed by atoms with Crippen molar-refractivity contribution in [3.05, 3.63) is 47.3 Å². The van der Waals surface area contributed by atoms with E-state index >= 15 is 0 Å². The molecule has 2 aromatic rings. The number of carboxylic acid groups (broad SMARTS) is 1. The van der Waals surface area contributed by atoms with Crippen molar-refractivity contribution in [2.45, 2.75) is 50.2 Å². The van der Waals surface area contributed by atoms with Crippen molar-refractivity contribution in [3.8, 4) is 6.07 Å². The van der Waals surface area contributed by atoms with E-state index in [0.29, 0.717) is 44.3 Å². The molecule has 4 rings (SSSR count). The molecule has 0 aliphatic carbocycles. The fourth-order valence-electron chi connectivity index (χ4n) is 5.18. The van der Waals surface area contributed by atoms with Gasteiger partial charge in [-0.2, -0.15) is 18.4 Å². The summed E-state index contributed by atoms with van der Waals surface area (Å²) < 4.78 is 70.5. The lowest BCUT2D eigenvalue weighted by molar-refractivity contribution is -0.144. The maximum Gasteiger partial charge on any atom is 0.451 e. The van der Waals surface area contributed by atoms with Crippen LogP contribution >= 0.6 is 0 Å². The van der Waals surface area contributed by atoms with Gasteiger partial charge < -0.3 is 25.5 Å². The lowest BCUT2D eigenvalue weighted by Gasteiger charge is -2.34. The molecule has 0 saturated carbocycles. The quantitative estimate of drug-likeness (QED) is 0.373. The summed E-state index contributed by atoms with van der Waals surface area (Å²) in [5.74, 6) is -5.91. The summed E-state index contributed by atoms with van der Waals surface area (Å²) in [4.78, 5) is 33.4. The first-order valence-electron chi connectivity index (χ1n) is 13.4. The molecule has 3 N–H and O–H groups in total. The van der Waals surface area contributed by atoms with Crippen molar-refractivity contribution in [2.24, 2.45) is 5.92 Å². The van der Waals surface area contributed by atoms with E-state index in [1.54, 1.807) is 29.2 Å². The summed E-state index contributed by atoms with van der Waals surface area (Å²) in [5.41, 5.74) is 1.27. The van der Waals surface area contributed by atoms with Crippen molar-refractivity contribution < 1.29 is 36.6 Å². The normalized spacial score (nSPS) is 18.9. The van der Waals surface area contributed by atoms with E-state index in [9.17, 15) is 31.5 Å². The Morgan fingerprint density at radius 2 is 1.74 bits per heavy atom. The first-order chi connectivity index (χ1) is 19.8. The van der Waals surface area contributed by atoms with Crippen molar-refractivity contribution >= 4 is 23.6 Å². The molecule has 2 aliphatic heterocycles. The highest BCUT2D eigenvalue weighted by Gasteiger charge is 2.49. The van der Waals surface area contributed by atoms with Crippen LogP contribution in [0.15, 0.2) is 30.3 Å². The topological polar surface area (TPSA) is 134 Å². The molecule has 2 amide bonds. The van der Waals surface area contributed by atoms with E-state index in [1.165, 1.54) is 6.07 Å². The Morgan fingerprint density at radius 3 is 2.36 bits per heavy atom. The summed E-state index contributed by atoms with van der Waals surface area (Å²) in [6.07, 6.45) is -4.88.